The van der Waals surface area contributed by atoms with Crippen LogP contribution in [0.1, 0.15) is 25.0 Å². The molecule has 7 aromatic carbocycles. The van der Waals surface area contributed by atoms with Gasteiger partial charge in [0.15, 0.2) is 5.82 Å². The number of fused-ring (bicyclic) bond motifs is 7. The Kier molecular flexibility index (Phi) is 6.53. The summed E-state index contributed by atoms with van der Waals surface area (Å²) in [5.41, 5.74) is 13.4. The minimum absolute atomic E-state index is 0.129. The van der Waals surface area contributed by atoms with Crippen LogP contribution < -0.4 is 0 Å². The Labute approximate surface area is 297 Å². The van der Waals surface area contributed by atoms with Crippen molar-refractivity contribution in [3.63, 3.8) is 0 Å². The molecule has 10 rings (SSSR count). The molecule has 1 aliphatic rings. The van der Waals surface area contributed by atoms with E-state index in [2.05, 4.69) is 159 Å². The van der Waals surface area contributed by atoms with Crippen LogP contribution in [-0.4, -0.2) is 15.0 Å². The van der Waals surface area contributed by atoms with Gasteiger partial charge >= 0.3 is 0 Å². The maximum absolute atomic E-state index is 5.29. The summed E-state index contributed by atoms with van der Waals surface area (Å²) in [6, 6.07) is 56.2. The zero-order valence-corrected chi connectivity index (χ0v) is 28.4. The molecule has 2 aromatic heterocycles. The second kappa shape index (κ2) is 11.3. The topological polar surface area (TPSA) is 38.7 Å². The van der Waals surface area contributed by atoms with E-state index in [1.54, 1.807) is 0 Å². The van der Waals surface area contributed by atoms with E-state index in [9.17, 15) is 0 Å². The second-order valence-corrected chi connectivity index (χ2v) is 14.0. The van der Waals surface area contributed by atoms with Crippen molar-refractivity contribution in [3.05, 3.63) is 175 Å². The van der Waals surface area contributed by atoms with Crippen LogP contribution in [-0.2, 0) is 5.41 Å². The fourth-order valence-electron chi connectivity index (χ4n) is 8.38. The fraction of sp³-hybridized carbons (Fsp3) is 0.0625. The number of hydrogen-bond acceptors (Lipinski definition) is 3. The standard InChI is InChI=1S/C48H33N3/c1-48(2)41-23-11-21-37(44(41)40-25-24-30-13-6-7-18-33(30)45(40)48)36-26-27-38(35-20-9-8-19-34(35)36)47-50-42(31-14-4-3-5-15-31)29-43(51-47)39-22-10-16-32-17-12-28-49-46(32)39/h3-29H,1-2H3. The molecule has 3 heteroatoms. The summed E-state index contributed by atoms with van der Waals surface area (Å²) in [6.45, 7) is 4.74. The van der Waals surface area contributed by atoms with E-state index in [0.717, 1.165) is 44.4 Å². The number of nitrogens with zero attached hydrogens (tertiary/aromatic N) is 3. The van der Waals surface area contributed by atoms with Crippen molar-refractivity contribution >= 4 is 32.4 Å². The number of pyridine rings is 1. The monoisotopic (exact) mass is 651 g/mol. The molecule has 0 amide bonds. The molecule has 1 aliphatic carbocycles. The zero-order valence-electron chi connectivity index (χ0n) is 28.4. The lowest BCUT2D eigenvalue weighted by molar-refractivity contribution is 0.666. The van der Waals surface area contributed by atoms with Gasteiger partial charge in [-0.2, -0.15) is 0 Å². The first kappa shape index (κ1) is 29.5. The minimum Gasteiger partial charge on any atom is -0.256 e. The molecule has 0 spiro atoms. The van der Waals surface area contributed by atoms with Crippen molar-refractivity contribution in [1.29, 1.82) is 0 Å². The molecule has 0 atom stereocenters. The van der Waals surface area contributed by atoms with Crippen LogP contribution in [0.5, 0.6) is 0 Å². The van der Waals surface area contributed by atoms with E-state index in [1.807, 2.05) is 18.3 Å². The number of benzene rings is 7. The predicted octanol–water partition coefficient (Wildman–Crippen LogP) is 12.3. The lowest BCUT2D eigenvalue weighted by Crippen LogP contribution is -2.15. The van der Waals surface area contributed by atoms with Gasteiger partial charge in [-0.25, -0.2) is 9.97 Å². The first-order chi connectivity index (χ1) is 25.1. The molecule has 0 unspecified atom stereocenters. The van der Waals surface area contributed by atoms with Gasteiger partial charge in [0.1, 0.15) is 0 Å². The van der Waals surface area contributed by atoms with E-state index in [0.29, 0.717) is 5.82 Å². The van der Waals surface area contributed by atoms with E-state index < -0.39 is 0 Å². The van der Waals surface area contributed by atoms with Gasteiger partial charge in [-0.05, 0) is 73.1 Å². The lowest BCUT2D eigenvalue weighted by Gasteiger charge is -2.23. The highest BCUT2D eigenvalue weighted by Gasteiger charge is 2.38. The normalized spacial score (nSPS) is 13.1. The Bertz CT molecular complexity index is 2830. The zero-order chi connectivity index (χ0) is 34.1. The van der Waals surface area contributed by atoms with Crippen molar-refractivity contribution < 1.29 is 0 Å². The first-order valence-corrected chi connectivity index (χ1v) is 17.5. The summed E-state index contributed by atoms with van der Waals surface area (Å²) >= 11 is 0. The summed E-state index contributed by atoms with van der Waals surface area (Å²) in [5.74, 6) is 0.693. The highest BCUT2D eigenvalue weighted by Crippen LogP contribution is 2.55. The van der Waals surface area contributed by atoms with Crippen LogP contribution >= 0.6 is 0 Å². The van der Waals surface area contributed by atoms with Gasteiger partial charge in [-0.15, -0.1) is 0 Å². The van der Waals surface area contributed by atoms with Crippen LogP contribution in [0, 0.1) is 0 Å². The second-order valence-electron chi connectivity index (χ2n) is 14.0. The smallest absolute Gasteiger partial charge is 0.161 e. The molecule has 0 fully saturated rings. The molecule has 0 saturated carbocycles. The summed E-state index contributed by atoms with van der Waals surface area (Å²) in [7, 11) is 0. The molecule has 9 aromatic rings. The van der Waals surface area contributed by atoms with Gasteiger partial charge in [0.2, 0.25) is 0 Å². The third-order valence-electron chi connectivity index (χ3n) is 10.7. The number of rotatable bonds is 4. The Morgan fingerprint density at radius 3 is 1.96 bits per heavy atom. The Morgan fingerprint density at radius 2 is 1.10 bits per heavy atom. The Morgan fingerprint density at radius 1 is 0.451 bits per heavy atom. The van der Waals surface area contributed by atoms with E-state index in [4.69, 9.17) is 15.0 Å². The predicted molar refractivity (Wildman–Crippen MR) is 212 cm³/mol. The maximum atomic E-state index is 5.29. The van der Waals surface area contributed by atoms with Gasteiger partial charge in [-0.3, -0.25) is 4.98 Å². The molecule has 0 bridgehead atoms. The van der Waals surface area contributed by atoms with Gasteiger partial charge in [0.25, 0.3) is 0 Å². The molecule has 51 heavy (non-hydrogen) atoms. The van der Waals surface area contributed by atoms with Crippen LogP contribution in [0.2, 0.25) is 0 Å². The number of aromatic nitrogens is 3. The molecule has 2 heterocycles. The van der Waals surface area contributed by atoms with E-state index in [1.165, 1.54) is 49.5 Å². The molecule has 0 radical (unpaired) electrons. The van der Waals surface area contributed by atoms with Crippen molar-refractivity contribution in [1.82, 2.24) is 15.0 Å². The fourth-order valence-corrected chi connectivity index (χ4v) is 8.38. The summed E-state index contributed by atoms with van der Waals surface area (Å²) in [6.07, 6.45) is 1.85. The molecule has 0 N–H and O–H groups in total. The van der Waals surface area contributed by atoms with Gasteiger partial charge in [0.05, 0.1) is 16.9 Å². The molecule has 240 valence electrons. The van der Waals surface area contributed by atoms with Crippen LogP contribution in [0.4, 0.5) is 0 Å². The largest absolute Gasteiger partial charge is 0.256 e. The summed E-state index contributed by atoms with van der Waals surface area (Å²) in [4.78, 5) is 15.3. The quantitative estimate of drug-likeness (QED) is 0.190. The highest BCUT2D eigenvalue weighted by atomic mass is 14.9. The summed E-state index contributed by atoms with van der Waals surface area (Å²) in [5, 5.41) is 5.99. The molecule has 0 aliphatic heterocycles. The molecule has 3 nitrogen and oxygen atoms in total. The average Bonchev–Trinajstić information content (AvgIpc) is 3.44. The third kappa shape index (κ3) is 4.55. The van der Waals surface area contributed by atoms with Crippen molar-refractivity contribution in [2.75, 3.05) is 0 Å². The van der Waals surface area contributed by atoms with Crippen molar-refractivity contribution in [3.8, 4) is 56.2 Å². The summed E-state index contributed by atoms with van der Waals surface area (Å²) < 4.78 is 0. The van der Waals surface area contributed by atoms with Crippen molar-refractivity contribution in [2.45, 2.75) is 19.3 Å². The molecular weight excluding hydrogens is 619 g/mol. The Hall–Kier alpha value is -6.45. The highest BCUT2D eigenvalue weighted by molar-refractivity contribution is 6.09. The number of para-hydroxylation sites is 1. The SMILES string of the molecule is CC1(C)c2cccc(-c3ccc(-c4nc(-c5ccccc5)cc(-c5cccc6cccnc56)n4)c4ccccc34)c2-c2ccc3ccccc3c21. The first-order valence-electron chi connectivity index (χ1n) is 17.5. The van der Waals surface area contributed by atoms with Gasteiger partial charge in [0, 0.05) is 33.7 Å². The number of hydrogen-bond donors (Lipinski definition) is 0. The maximum Gasteiger partial charge on any atom is 0.161 e. The van der Waals surface area contributed by atoms with E-state index in [-0.39, 0.29) is 5.41 Å². The molecule has 0 saturated heterocycles. The van der Waals surface area contributed by atoms with Gasteiger partial charge < -0.3 is 0 Å². The molecular formula is C48H33N3. The van der Waals surface area contributed by atoms with Crippen LogP contribution in [0.3, 0.4) is 0 Å². The van der Waals surface area contributed by atoms with Gasteiger partial charge in [-0.1, -0.05) is 153 Å². The minimum atomic E-state index is -0.129. The van der Waals surface area contributed by atoms with Crippen LogP contribution in [0.15, 0.2) is 164 Å². The van der Waals surface area contributed by atoms with E-state index >= 15 is 0 Å². The third-order valence-corrected chi connectivity index (χ3v) is 10.7. The van der Waals surface area contributed by atoms with Crippen LogP contribution in [0.25, 0.3) is 88.6 Å². The van der Waals surface area contributed by atoms with Crippen molar-refractivity contribution in [2.24, 2.45) is 0 Å². The Balaban J connectivity index is 1.20. The average molecular weight is 652 g/mol. The lowest BCUT2D eigenvalue weighted by atomic mass is 9.80.